The third-order valence-corrected chi connectivity index (χ3v) is 3.59. The molecule has 22 heavy (non-hydrogen) atoms. The van der Waals surface area contributed by atoms with Gasteiger partial charge in [-0.1, -0.05) is 45.0 Å². The van der Waals surface area contributed by atoms with E-state index in [4.69, 9.17) is 4.74 Å². The van der Waals surface area contributed by atoms with Crippen LogP contribution in [0.25, 0.3) is 0 Å². The van der Waals surface area contributed by atoms with Gasteiger partial charge >= 0.3 is 0 Å². The molecule has 0 amide bonds. The summed E-state index contributed by atoms with van der Waals surface area (Å²) < 4.78 is 7.70. The number of nitrogens with zero attached hydrogens (tertiary/aromatic N) is 3. The number of rotatable bonds is 7. The predicted octanol–water partition coefficient (Wildman–Crippen LogP) is 3.76. The highest BCUT2D eigenvalue weighted by atomic mass is 16.5. The molecule has 0 aliphatic rings. The second-order valence-corrected chi connectivity index (χ2v) is 6.62. The van der Waals surface area contributed by atoms with Crippen molar-refractivity contribution in [1.82, 2.24) is 15.0 Å². The van der Waals surface area contributed by atoms with Crippen LogP contribution in [0.5, 0.6) is 5.75 Å². The molecule has 4 nitrogen and oxygen atoms in total. The molecule has 120 valence electrons. The molecule has 0 atom stereocenters. The Morgan fingerprint density at radius 1 is 1.14 bits per heavy atom. The molecule has 0 N–H and O–H groups in total. The number of aryl methyl sites for hydroxylation is 3. The molecule has 0 aliphatic heterocycles. The topological polar surface area (TPSA) is 39.9 Å². The first-order chi connectivity index (χ1) is 10.5. The number of hydrogen-bond acceptors (Lipinski definition) is 3. The molecular formula is C18H27N3O. The molecule has 2 aromatic rings. The van der Waals surface area contributed by atoms with Crippen molar-refractivity contribution < 1.29 is 4.74 Å². The number of hydrogen-bond donors (Lipinski definition) is 0. The van der Waals surface area contributed by atoms with Gasteiger partial charge in [0.1, 0.15) is 5.75 Å². The quantitative estimate of drug-likeness (QED) is 0.782. The van der Waals surface area contributed by atoms with Gasteiger partial charge in [-0.15, -0.1) is 5.10 Å². The summed E-state index contributed by atoms with van der Waals surface area (Å²) in [5.74, 6) is 2.02. The van der Waals surface area contributed by atoms with E-state index < -0.39 is 0 Å². The molecule has 0 fully saturated rings. The van der Waals surface area contributed by atoms with Gasteiger partial charge in [0.05, 0.1) is 12.3 Å². The maximum atomic E-state index is 5.96. The van der Waals surface area contributed by atoms with Gasteiger partial charge in [-0.25, -0.2) is 0 Å². The van der Waals surface area contributed by atoms with E-state index in [1.165, 1.54) is 11.1 Å². The maximum Gasteiger partial charge on any atom is 0.122 e. The van der Waals surface area contributed by atoms with Gasteiger partial charge < -0.3 is 4.74 Å². The SMILES string of the molecule is CC(C)COc1ccc(CCc2cn(C)nn2)cc1C(C)C. The van der Waals surface area contributed by atoms with Gasteiger partial charge in [-0.2, -0.15) is 0 Å². The zero-order valence-corrected chi connectivity index (χ0v) is 14.3. The molecule has 1 heterocycles. The fourth-order valence-electron chi connectivity index (χ4n) is 2.37. The highest BCUT2D eigenvalue weighted by molar-refractivity contribution is 5.39. The molecule has 4 heteroatoms. The van der Waals surface area contributed by atoms with Gasteiger partial charge in [0, 0.05) is 13.2 Å². The Morgan fingerprint density at radius 3 is 2.50 bits per heavy atom. The average Bonchev–Trinajstić information content (AvgIpc) is 2.88. The second kappa shape index (κ2) is 7.43. The highest BCUT2D eigenvalue weighted by Gasteiger charge is 2.10. The average molecular weight is 301 g/mol. The Hall–Kier alpha value is -1.84. The minimum absolute atomic E-state index is 0.457. The van der Waals surface area contributed by atoms with Crippen LogP contribution in [-0.4, -0.2) is 21.6 Å². The lowest BCUT2D eigenvalue weighted by molar-refractivity contribution is 0.267. The zero-order chi connectivity index (χ0) is 16.1. The number of benzene rings is 1. The van der Waals surface area contributed by atoms with Crippen molar-refractivity contribution in [2.75, 3.05) is 6.61 Å². The lowest BCUT2D eigenvalue weighted by Gasteiger charge is -2.16. The van der Waals surface area contributed by atoms with Crippen LogP contribution >= 0.6 is 0 Å². The molecule has 1 aromatic carbocycles. The highest BCUT2D eigenvalue weighted by Crippen LogP contribution is 2.28. The van der Waals surface area contributed by atoms with Crippen molar-refractivity contribution >= 4 is 0 Å². The largest absolute Gasteiger partial charge is 0.493 e. The van der Waals surface area contributed by atoms with Crippen molar-refractivity contribution in [3.63, 3.8) is 0 Å². The number of aromatic nitrogens is 3. The molecule has 0 unspecified atom stereocenters. The van der Waals surface area contributed by atoms with E-state index in [0.717, 1.165) is 30.9 Å². The van der Waals surface area contributed by atoms with E-state index in [1.54, 1.807) is 4.68 Å². The summed E-state index contributed by atoms with van der Waals surface area (Å²) in [5.41, 5.74) is 3.65. The Labute approximate surface area is 133 Å². The van der Waals surface area contributed by atoms with Crippen molar-refractivity contribution in [2.45, 2.75) is 46.5 Å². The van der Waals surface area contributed by atoms with E-state index in [9.17, 15) is 0 Å². The Balaban J connectivity index is 2.07. The lowest BCUT2D eigenvalue weighted by Crippen LogP contribution is -2.07. The molecule has 0 radical (unpaired) electrons. The minimum Gasteiger partial charge on any atom is -0.493 e. The van der Waals surface area contributed by atoms with Crippen LogP contribution < -0.4 is 4.74 Å². The predicted molar refractivity (Wildman–Crippen MR) is 89.3 cm³/mol. The van der Waals surface area contributed by atoms with Gasteiger partial charge in [-0.3, -0.25) is 4.68 Å². The first-order valence-electron chi connectivity index (χ1n) is 8.06. The number of ether oxygens (including phenoxy) is 1. The summed E-state index contributed by atoms with van der Waals surface area (Å²) in [6.07, 6.45) is 3.87. The van der Waals surface area contributed by atoms with Crippen molar-refractivity contribution in [2.24, 2.45) is 13.0 Å². The molecular weight excluding hydrogens is 274 g/mol. The summed E-state index contributed by atoms with van der Waals surface area (Å²) >= 11 is 0. The van der Waals surface area contributed by atoms with Crippen molar-refractivity contribution in [1.29, 1.82) is 0 Å². The summed E-state index contributed by atoms with van der Waals surface area (Å²) in [5, 5.41) is 8.12. The lowest BCUT2D eigenvalue weighted by atomic mass is 9.97. The van der Waals surface area contributed by atoms with Gasteiger partial charge in [-0.05, 0) is 41.9 Å². The van der Waals surface area contributed by atoms with E-state index >= 15 is 0 Å². The van der Waals surface area contributed by atoms with Crippen LogP contribution in [0.3, 0.4) is 0 Å². The second-order valence-electron chi connectivity index (χ2n) is 6.62. The molecule has 0 saturated heterocycles. The standard InChI is InChI=1S/C18H27N3O/c1-13(2)12-22-18-9-7-15(10-17(18)14(3)4)6-8-16-11-21(5)20-19-16/h7,9-11,13-14H,6,8,12H2,1-5H3. The maximum absolute atomic E-state index is 5.96. The summed E-state index contributed by atoms with van der Waals surface area (Å²) in [7, 11) is 1.90. The normalized spacial score (nSPS) is 11.4. The molecule has 0 saturated carbocycles. The first kappa shape index (κ1) is 16.5. The first-order valence-corrected chi connectivity index (χ1v) is 8.06. The molecule has 1 aromatic heterocycles. The van der Waals surface area contributed by atoms with E-state index in [0.29, 0.717) is 11.8 Å². The fourth-order valence-corrected chi connectivity index (χ4v) is 2.37. The molecule has 0 spiro atoms. The summed E-state index contributed by atoms with van der Waals surface area (Å²) in [6, 6.07) is 6.55. The van der Waals surface area contributed by atoms with Crippen LogP contribution in [0.2, 0.25) is 0 Å². The van der Waals surface area contributed by atoms with Crippen LogP contribution in [0.15, 0.2) is 24.4 Å². The smallest absolute Gasteiger partial charge is 0.122 e. The fraction of sp³-hybridized carbons (Fsp3) is 0.556. The van der Waals surface area contributed by atoms with Gasteiger partial charge in [0.2, 0.25) is 0 Å². The van der Waals surface area contributed by atoms with Crippen LogP contribution in [-0.2, 0) is 19.9 Å². The Kier molecular flexibility index (Phi) is 5.58. The zero-order valence-electron chi connectivity index (χ0n) is 14.3. The molecule has 0 aliphatic carbocycles. The van der Waals surface area contributed by atoms with Crippen LogP contribution in [0.1, 0.15) is 50.4 Å². The molecule has 2 rings (SSSR count). The van der Waals surface area contributed by atoms with Gasteiger partial charge in [0.15, 0.2) is 0 Å². The van der Waals surface area contributed by atoms with Crippen molar-refractivity contribution in [3.05, 3.63) is 41.2 Å². The molecule has 0 bridgehead atoms. The Morgan fingerprint density at radius 2 is 1.91 bits per heavy atom. The van der Waals surface area contributed by atoms with E-state index in [2.05, 4.69) is 56.2 Å². The van der Waals surface area contributed by atoms with E-state index in [1.807, 2.05) is 13.2 Å². The van der Waals surface area contributed by atoms with Crippen LogP contribution in [0, 0.1) is 5.92 Å². The summed E-state index contributed by atoms with van der Waals surface area (Å²) in [4.78, 5) is 0. The van der Waals surface area contributed by atoms with E-state index in [-0.39, 0.29) is 0 Å². The van der Waals surface area contributed by atoms with Crippen molar-refractivity contribution in [3.8, 4) is 5.75 Å². The van der Waals surface area contributed by atoms with Crippen LogP contribution in [0.4, 0.5) is 0 Å². The minimum atomic E-state index is 0.457. The Bertz CT molecular complexity index is 602. The monoisotopic (exact) mass is 301 g/mol. The third kappa shape index (κ3) is 4.58. The summed E-state index contributed by atoms with van der Waals surface area (Å²) in [6.45, 7) is 9.53. The third-order valence-electron chi connectivity index (χ3n) is 3.59. The van der Waals surface area contributed by atoms with Gasteiger partial charge in [0.25, 0.3) is 0 Å².